The minimum absolute atomic E-state index is 0.272. The SMILES string of the molecule is Cc1cc(C)cc(C(=O)CC2CCCC(C)N2)c1. The first-order valence-corrected chi connectivity index (χ1v) is 6.92. The minimum Gasteiger partial charge on any atom is -0.311 e. The summed E-state index contributed by atoms with van der Waals surface area (Å²) in [6.45, 7) is 6.29. The van der Waals surface area contributed by atoms with Crippen molar-refractivity contribution < 1.29 is 4.79 Å². The molecule has 0 bridgehead atoms. The average Bonchev–Trinajstić information content (AvgIpc) is 2.27. The zero-order valence-corrected chi connectivity index (χ0v) is 11.6. The number of carbonyl (C=O) groups is 1. The van der Waals surface area contributed by atoms with E-state index in [0.29, 0.717) is 18.5 Å². The second-order valence-corrected chi connectivity index (χ2v) is 5.70. The Bertz CT molecular complexity index is 418. The summed E-state index contributed by atoms with van der Waals surface area (Å²) in [5.74, 6) is 0.272. The summed E-state index contributed by atoms with van der Waals surface area (Å²) in [5.41, 5.74) is 3.21. The Morgan fingerprint density at radius 1 is 1.22 bits per heavy atom. The lowest BCUT2D eigenvalue weighted by molar-refractivity contribution is 0.0959. The van der Waals surface area contributed by atoms with Crippen LogP contribution < -0.4 is 5.32 Å². The highest BCUT2D eigenvalue weighted by molar-refractivity contribution is 5.96. The smallest absolute Gasteiger partial charge is 0.164 e. The third-order valence-corrected chi connectivity index (χ3v) is 3.69. The molecule has 1 fully saturated rings. The second-order valence-electron chi connectivity index (χ2n) is 5.70. The molecule has 18 heavy (non-hydrogen) atoms. The van der Waals surface area contributed by atoms with Crippen LogP contribution in [0.5, 0.6) is 0 Å². The van der Waals surface area contributed by atoms with E-state index < -0.39 is 0 Å². The van der Waals surface area contributed by atoms with E-state index in [0.717, 1.165) is 12.0 Å². The van der Waals surface area contributed by atoms with Crippen molar-refractivity contribution in [1.29, 1.82) is 0 Å². The first kappa shape index (κ1) is 13.3. The van der Waals surface area contributed by atoms with E-state index in [4.69, 9.17) is 0 Å². The number of hydrogen-bond acceptors (Lipinski definition) is 2. The Kier molecular flexibility index (Phi) is 4.18. The molecule has 1 aliphatic rings. The van der Waals surface area contributed by atoms with Crippen molar-refractivity contribution >= 4 is 5.78 Å². The van der Waals surface area contributed by atoms with E-state index in [-0.39, 0.29) is 5.78 Å². The Morgan fingerprint density at radius 2 is 1.89 bits per heavy atom. The third-order valence-electron chi connectivity index (χ3n) is 3.69. The fourth-order valence-electron chi connectivity index (χ4n) is 2.88. The van der Waals surface area contributed by atoms with E-state index in [1.165, 1.54) is 24.0 Å². The molecule has 0 aliphatic carbocycles. The van der Waals surface area contributed by atoms with Crippen LogP contribution in [-0.4, -0.2) is 17.9 Å². The summed E-state index contributed by atoms with van der Waals surface area (Å²) in [6.07, 6.45) is 4.22. The number of ketones is 1. The predicted molar refractivity (Wildman–Crippen MR) is 75.1 cm³/mol. The average molecular weight is 245 g/mol. The van der Waals surface area contributed by atoms with Gasteiger partial charge in [0.1, 0.15) is 0 Å². The Hall–Kier alpha value is -1.15. The van der Waals surface area contributed by atoms with Crippen LogP contribution in [0.3, 0.4) is 0 Å². The van der Waals surface area contributed by atoms with Gasteiger partial charge in [0.25, 0.3) is 0 Å². The molecule has 1 aromatic rings. The molecule has 2 nitrogen and oxygen atoms in total. The molecule has 1 heterocycles. The van der Waals surface area contributed by atoms with E-state index in [1.54, 1.807) is 0 Å². The number of benzene rings is 1. The van der Waals surface area contributed by atoms with Crippen molar-refractivity contribution in [3.8, 4) is 0 Å². The summed E-state index contributed by atoms with van der Waals surface area (Å²) in [6, 6.07) is 7.03. The van der Waals surface area contributed by atoms with Crippen molar-refractivity contribution in [3.63, 3.8) is 0 Å². The molecule has 0 spiro atoms. The standard InChI is InChI=1S/C16H23NO/c1-11-7-12(2)9-14(8-11)16(18)10-15-6-4-5-13(3)17-15/h7-9,13,15,17H,4-6,10H2,1-3H3. The molecule has 2 rings (SSSR count). The number of nitrogens with one attached hydrogen (secondary N) is 1. The normalized spacial score (nSPS) is 23.9. The zero-order chi connectivity index (χ0) is 13.1. The summed E-state index contributed by atoms with van der Waals surface area (Å²) in [5, 5.41) is 3.53. The first-order chi connectivity index (χ1) is 8.54. The molecule has 2 heteroatoms. The van der Waals surface area contributed by atoms with Crippen LogP contribution in [0.4, 0.5) is 0 Å². The molecule has 98 valence electrons. The molecule has 1 N–H and O–H groups in total. The molecule has 2 atom stereocenters. The van der Waals surface area contributed by atoms with Gasteiger partial charge >= 0.3 is 0 Å². The van der Waals surface area contributed by atoms with Crippen molar-refractivity contribution in [3.05, 3.63) is 34.9 Å². The lowest BCUT2D eigenvalue weighted by Gasteiger charge is -2.28. The maximum Gasteiger partial charge on any atom is 0.164 e. The number of aryl methyl sites for hydroxylation is 2. The minimum atomic E-state index is 0.272. The van der Waals surface area contributed by atoms with Crippen LogP contribution in [0.25, 0.3) is 0 Å². The van der Waals surface area contributed by atoms with Gasteiger partial charge in [-0.05, 0) is 45.7 Å². The van der Waals surface area contributed by atoms with E-state index in [2.05, 4.69) is 18.3 Å². The number of Topliss-reactive ketones (excluding diaryl/α,β-unsaturated/α-hetero) is 1. The number of hydrogen-bond donors (Lipinski definition) is 1. The molecule has 0 radical (unpaired) electrons. The third kappa shape index (κ3) is 3.42. The van der Waals surface area contributed by atoms with E-state index in [9.17, 15) is 4.79 Å². The van der Waals surface area contributed by atoms with Crippen LogP contribution in [0.1, 0.15) is 54.1 Å². The van der Waals surface area contributed by atoms with Crippen LogP contribution in [0, 0.1) is 13.8 Å². The molecule has 1 aromatic carbocycles. The predicted octanol–water partition coefficient (Wildman–Crippen LogP) is 3.41. The van der Waals surface area contributed by atoms with Crippen molar-refractivity contribution in [2.75, 3.05) is 0 Å². The van der Waals surface area contributed by atoms with Crippen LogP contribution >= 0.6 is 0 Å². The van der Waals surface area contributed by atoms with E-state index in [1.807, 2.05) is 26.0 Å². The van der Waals surface area contributed by atoms with Crippen molar-refractivity contribution in [2.45, 2.75) is 58.5 Å². The Morgan fingerprint density at radius 3 is 2.50 bits per heavy atom. The number of piperidine rings is 1. The Balaban J connectivity index is 2.02. The second kappa shape index (κ2) is 5.66. The zero-order valence-electron chi connectivity index (χ0n) is 11.6. The van der Waals surface area contributed by atoms with Gasteiger partial charge < -0.3 is 5.32 Å². The quantitative estimate of drug-likeness (QED) is 0.827. The summed E-state index contributed by atoms with van der Waals surface area (Å²) >= 11 is 0. The van der Waals surface area contributed by atoms with Gasteiger partial charge in [0.2, 0.25) is 0 Å². The summed E-state index contributed by atoms with van der Waals surface area (Å²) < 4.78 is 0. The Labute approximate surface area is 110 Å². The summed E-state index contributed by atoms with van der Waals surface area (Å²) in [4.78, 5) is 12.3. The lowest BCUT2D eigenvalue weighted by Crippen LogP contribution is -2.41. The molecular formula is C16H23NO. The largest absolute Gasteiger partial charge is 0.311 e. The molecule has 2 unspecified atom stereocenters. The monoisotopic (exact) mass is 245 g/mol. The molecule has 0 saturated carbocycles. The molecule has 1 saturated heterocycles. The first-order valence-electron chi connectivity index (χ1n) is 6.92. The highest BCUT2D eigenvalue weighted by Gasteiger charge is 2.21. The fraction of sp³-hybridized carbons (Fsp3) is 0.562. The molecule has 0 aromatic heterocycles. The molecule has 1 aliphatic heterocycles. The van der Waals surface area contributed by atoms with Crippen LogP contribution in [0.15, 0.2) is 18.2 Å². The summed E-state index contributed by atoms with van der Waals surface area (Å²) in [7, 11) is 0. The van der Waals surface area contributed by atoms with Gasteiger partial charge in [-0.15, -0.1) is 0 Å². The van der Waals surface area contributed by atoms with Gasteiger partial charge in [0.15, 0.2) is 5.78 Å². The maximum absolute atomic E-state index is 12.3. The van der Waals surface area contributed by atoms with Crippen LogP contribution in [0.2, 0.25) is 0 Å². The van der Waals surface area contributed by atoms with Gasteiger partial charge in [0.05, 0.1) is 0 Å². The topological polar surface area (TPSA) is 29.1 Å². The lowest BCUT2D eigenvalue weighted by atomic mass is 9.93. The number of carbonyl (C=O) groups excluding carboxylic acids is 1. The van der Waals surface area contributed by atoms with Gasteiger partial charge in [-0.25, -0.2) is 0 Å². The van der Waals surface area contributed by atoms with Gasteiger partial charge in [-0.1, -0.05) is 23.6 Å². The van der Waals surface area contributed by atoms with Gasteiger partial charge in [0, 0.05) is 24.1 Å². The molecular weight excluding hydrogens is 222 g/mol. The van der Waals surface area contributed by atoms with Crippen LogP contribution in [-0.2, 0) is 0 Å². The van der Waals surface area contributed by atoms with E-state index >= 15 is 0 Å². The number of rotatable bonds is 3. The molecule has 0 amide bonds. The maximum atomic E-state index is 12.3. The highest BCUT2D eigenvalue weighted by Crippen LogP contribution is 2.18. The van der Waals surface area contributed by atoms with Crippen molar-refractivity contribution in [1.82, 2.24) is 5.32 Å². The fourth-order valence-corrected chi connectivity index (χ4v) is 2.88. The van der Waals surface area contributed by atoms with Crippen molar-refractivity contribution in [2.24, 2.45) is 0 Å². The van der Waals surface area contributed by atoms with Gasteiger partial charge in [-0.2, -0.15) is 0 Å². The van der Waals surface area contributed by atoms with Gasteiger partial charge in [-0.3, -0.25) is 4.79 Å². The highest BCUT2D eigenvalue weighted by atomic mass is 16.1.